The van der Waals surface area contributed by atoms with E-state index in [0.717, 1.165) is 0 Å². The molecule has 3 N–H and O–H groups in total. The fourth-order valence-corrected chi connectivity index (χ4v) is 1.59. The molecule has 0 saturated heterocycles. The van der Waals surface area contributed by atoms with Gasteiger partial charge >= 0.3 is 6.18 Å². The molecule has 1 unspecified atom stereocenters. The molecule has 3 nitrogen and oxygen atoms in total. The van der Waals surface area contributed by atoms with Crippen LogP contribution in [0.25, 0.3) is 0 Å². The minimum Gasteiger partial charge on any atom is -0.469 e. The number of aryl methyl sites for hydroxylation is 1. The predicted molar refractivity (Wildman–Crippen MR) is 53.4 cm³/mol. The van der Waals surface area contributed by atoms with Crippen LogP contribution in [0.15, 0.2) is 16.7 Å². The Labute approximate surface area is 91.8 Å². The summed E-state index contributed by atoms with van der Waals surface area (Å²) in [4.78, 5) is 0. The molecule has 0 fully saturated rings. The molecule has 1 rings (SSSR count). The minimum absolute atomic E-state index is 0.0907. The van der Waals surface area contributed by atoms with Gasteiger partial charge in [0.15, 0.2) is 0 Å². The maximum absolute atomic E-state index is 12.1. The fraction of sp³-hybridized carbons (Fsp3) is 0.600. The Hall–Kier alpha value is -1.01. The van der Waals surface area contributed by atoms with Gasteiger partial charge in [-0.15, -0.1) is 0 Å². The SMILES string of the molecule is CCc1occc1C(CCC(F)(F)F)NN. The third-order valence-electron chi connectivity index (χ3n) is 2.39. The second kappa shape index (κ2) is 5.36. The summed E-state index contributed by atoms with van der Waals surface area (Å²) in [5.41, 5.74) is 3.09. The highest BCUT2D eigenvalue weighted by Crippen LogP contribution is 2.29. The molecule has 1 aromatic heterocycles. The van der Waals surface area contributed by atoms with Crippen LogP contribution in [0, 0.1) is 0 Å². The van der Waals surface area contributed by atoms with Crippen LogP contribution in [-0.4, -0.2) is 6.18 Å². The minimum atomic E-state index is -4.16. The molecule has 1 heterocycles. The molecule has 0 amide bonds. The molecule has 0 aliphatic rings. The maximum Gasteiger partial charge on any atom is 0.389 e. The number of hydrazine groups is 1. The fourth-order valence-electron chi connectivity index (χ4n) is 1.59. The van der Waals surface area contributed by atoms with E-state index in [4.69, 9.17) is 10.3 Å². The van der Waals surface area contributed by atoms with Crippen molar-refractivity contribution in [3.8, 4) is 0 Å². The predicted octanol–water partition coefficient (Wildman–Crippen LogP) is 2.69. The second-order valence-corrected chi connectivity index (χ2v) is 3.53. The van der Waals surface area contributed by atoms with Gasteiger partial charge in [0.25, 0.3) is 0 Å². The third-order valence-corrected chi connectivity index (χ3v) is 2.39. The molecule has 0 spiro atoms. The molecular formula is C10H15F3N2O. The maximum atomic E-state index is 12.1. The third kappa shape index (κ3) is 3.53. The Morgan fingerprint density at radius 1 is 1.50 bits per heavy atom. The summed E-state index contributed by atoms with van der Waals surface area (Å²) in [6.45, 7) is 1.87. The van der Waals surface area contributed by atoms with E-state index in [2.05, 4.69) is 5.43 Å². The van der Waals surface area contributed by atoms with Gasteiger partial charge in [0.1, 0.15) is 5.76 Å². The summed E-state index contributed by atoms with van der Waals surface area (Å²) < 4.78 is 41.4. The molecule has 1 atom stereocenters. The van der Waals surface area contributed by atoms with Crippen LogP contribution in [0.2, 0.25) is 0 Å². The quantitative estimate of drug-likeness (QED) is 0.610. The largest absolute Gasteiger partial charge is 0.469 e. The number of nitrogens with one attached hydrogen (secondary N) is 1. The van der Waals surface area contributed by atoms with Gasteiger partial charge in [-0.3, -0.25) is 11.3 Å². The smallest absolute Gasteiger partial charge is 0.389 e. The Morgan fingerprint density at radius 3 is 2.69 bits per heavy atom. The van der Waals surface area contributed by atoms with Gasteiger partial charge in [0, 0.05) is 24.4 Å². The van der Waals surface area contributed by atoms with Gasteiger partial charge < -0.3 is 4.42 Å². The average molecular weight is 236 g/mol. The molecule has 16 heavy (non-hydrogen) atoms. The number of halogens is 3. The molecule has 0 radical (unpaired) electrons. The Morgan fingerprint density at radius 2 is 2.19 bits per heavy atom. The van der Waals surface area contributed by atoms with E-state index in [1.54, 1.807) is 6.07 Å². The molecule has 0 aliphatic heterocycles. The standard InChI is InChI=1S/C10H15F3N2O/c1-2-9-7(4-6-16-9)8(15-14)3-5-10(11,12)13/h4,6,8,15H,2-3,5,14H2,1H3. The van der Waals surface area contributed by atoms with Gasteiger partial charge in [-0.1, -0.05) is 6.92 Å². The van der Waals surface area contributed by atoms with Gasteiger partial charge in [-0.2, -0.15) is 13.2 Å². The molecular weight excluding hydrogens is 221 g/mol. The first kappa shape index (κ1) is 13.1. The molecule has 0 aliphatic carbocycles. The van der Waals surface area contributed by atoms with E-state index < -0.39 is 18.6 Å². The molecule has 1 aromatic rings. The lowest BCUT2D eigenvalue weighted by Gasteiger charge is -2.16. The topological polar surface area (TPSA) is 51.2 Å². The van der Waals surface area contributed by atoms with E-state index in [-0.39, 0.29) is 6.42 Å². The highest BCUT2D eigenvalue weighted by molar-refractivity contribution is 5.21. The Bertz CT molecular complexity index is 322. The van der Waals surface area contributed by atoms with E-state index in [1.807, 2.05) is 6.92 Å². The first-order valence-electron chi connectivity index (χ1n) is 5.07. The van der Waals surface area contributed by atoms with Crippen molar-refractivity contribution in [1.82, 2.24) is 5.43 Å². The van der Waals surface area contributed by atoms with Crippen molar-refractivity contribution < 1.29 is 17.6 Å². The van der Waals surface area contributed by atoms with Gasteiger partial charge in [0.05, 0.1) is 6.26 Å². The zero-order valence-corrected chi connectivity index (χ0v) is 8.97. The van der Waals surface area contributed by atoms with Crippen molar-refractivity contribution in [2.45, 2.75) is 38.4 Å². The van der Waals surface area contributed by atoms with E-state index in [9.17, 15) is 13.2 Å². The Balaban J connectivity index is 2.67. The summed E-state index contributed by atoms with van der Waals surface area (Å²) in [5.74, 6) is 5.93. The highest BCUT2D eigenvalue weighted by atomic mass is 19.4. The number of furan rings is 1. The number of nitrogens with two attached hydrogens (primary N) is 1. The summed E-state index contributed by atoms with van der Waals surface area (Å²) in [5, 5.41) is 0. The summed E-state index contributed by atoms with van der Waals surface area (Å²) >= 11 is 0. The van der Waals surface area contributed by atoms with Crippen molar-refractivity contribution in [3.63, 3.8) is 0 Å². The van der Waals surface area contributed by atoms with Gasteiger partial charge in [-0.05, 0) is 12.5 Å². The molecule has 0 saturated carbocycles. The normalized spacial score (nSPS) is 14.1. The van der Waals surface area contributed by atoms with E-state index in [1.165, 1.54) is 6.26 Å². The van der Waals surface area contributed by atoms with Gasteiger partial charge in [-0.25, -0.2) is 0 Å². The van der Waals surface area contributed by atoms with Crippen LogP contribution in [0.3, 0.4) is 0 Å². The van der Waals surface area contributed by atoms with Crippen LogP contribution in [-0.2, 0) is 6.42 Å². The molecule has 92 valence electrons. The number of rotatable bonds is 5. The van der Waals surface area contributed by atoms with Crippen molar-refractivity contribution in [3.05, 3.63) is 23.7 Å². The number of hydrogen-bond acceptors (Lipinski definition) is 3. The first-order valence-corrected chi connectivity index (χ1v) is 5.07. The van der Waals surface area contributed by atoms with Crippen molar-refractivity contribution in [2.75, 3.05) is 0 Å². The van der Waals surface area contributed by atoms with E-state index >= 15 is 0 Å². The van der Waals surface area contributed by atoms with Crippen molar-refractivity contribution in [1.29, 1.82) is 0 Å². The number of alkyl halides is 3. The monoisotopic (exact) mass is 236 g/mol. The van der Waals surface area contributed by atoms with Crippen LogP contribution < -0.4 is 11.3 Å². The lowest BCUT2D eigenvalue weighted by Crippen LogP contribution is -2.29. The van der Waals surface area contributed by atoms with Crippen molar-refractivity contribution >= 4 is 0 Å². The van der Waals surface area contributed by atoms with E-state index in [0.29, 0.717) is 17.7 Å². The lowest BCUT2D eigenvalue weighted by molar-refractivity contribution is -0.136. The molecule has 6 heteroatoms. The summed E-state index contributed by atoms with van der Waals surface area (Å²) in [6.07, 6.45) is -3.02. The average Bonchev–Trinajstić information content (AvgIpc) is 2.65. The van der Waals surface area contributed by atoms with Crippen LogP contribution in [0.4, 0.5) is 13.2 Å². The van der Waals surface area contributed by atoms with Gasteiger partial charge in [0.2, 0.25) is 0 Å². The summed E-state index contributed by atoms with van der Waals surface area (Å²) in [6, 6.07) is 1.13. The van der Waals surface area contributed by atoms with Crippen LogP contribution in [0.1, 0.15) is 37.1 Å². The van der Waals surface area contributed by atoms with Crippen LogP contribution >= 0.6 is 0 Å². The zero-order valence-electron chi connectivity index (χ0n) is 8.97. The first-order chi connectivity index (χ1) is 7.48. The van der Waals surface area contributed by atoms with Crippen molar-refractivity contribution in [2.24, 2.45) is 5.84 Å². The van der Waals surface area contributed by atoms with Crippen LogP contribution in [0.5, 0.6) is 0 Å². The molecule has 0 bridgehead atoms. The molecule has 0 aromatic carbocycles. The number of hydrogen-bond donors (Lipinski definition) is 2. The Kier molecular flexibility index (Phi) is 4.37. The highest BCUT2D eigenvalue weighted by Gasteiger charge is 2.29. The second-order valence-electron chi connectivity index (χ2n) is 3.53. The lowest BCUT2D eigenvalue weighted by atomic mass is 10.0. The zero-order chi connectivity index (χ0) is 12.2. The summed E-state index contributed by atoms with van der Waals surface area (Å²) in [7, 11) is 0.